The van der Waals surface area contributed by atoms with E-state index < -0.39 is 17.6 Å². The number of aryl methyl sites for hydroxylation is 1. The van der Waals surface area contributed by atoms with Crippen LogP contribution < -0.4 is 11.1 Å². The lowest BCUT2D eigenvalue weighted by molar-refractivity contribution is 0.0698. The molecule has 0 saturated carbocycles. The Morgan fingerprint density at radius 2 is 2.00 bits per heavy atom. The molecule has 0 aliphatic carbocycles. The summed E-state index contributed by atoms with van der Waals surface area (Å²) < 4.78 is 26.6. The van der Waals surface area contributed by atoms with Crippen LogP contribution in [0, 0.1) is 18.6 Å². The molecule has 0 saturated heterocycles. The average molecular weight is 292 g/mol. The highest BCUT2D eigenvalue weighted by atomic mass is 19.1. The highest BCUT2D eigenvalue weighted by molar-refractivity contribution is 5.95. The van der Waals surface area contributed by atoms with Crippen molar-refractivity contribution in [3.8, 4) is 0 Å². The van der Waals surface area contributed by atoms with Crippen molar-refractivity contribution >= 4 is 17.3 Å². The van der Waals surface area contributed by atoms with Crippen LogP contribution >= 0.6 is 0 Å². The minimum atomic E-state index is -1.14. The van der Waals surface area contributed by atoms with Crippen molar-refractivity contribution in [3.63, 3.8) is 0 Å². The second kappa shape index (κ2) is 5.78. The molecular formula is C15H14F2N2O2. The number of nitrogens with one attached hydrogen (secondary N) is 1. The van der Waals surface area contributed by atoms with Gasteiger partial charge in [0.2, 0.25) is 0 Å². The lowest BCUT2D eigenvalue weighted by atomic mass is 10.1. The first-order valence-electron chi connectivity index (χ1n) is 6.19. The molecule has 6 heteroatoms. The van der Waals surface area contributed by atoms with E-state index in [1.54, 1.807) is 13.0 Å². The van der Waals surface area contributed by atoms with Gasteiger partial charge in [-0.05, 0) is 42.8 Å². The third kappa shape index (κ3) is 3.28. The average Bonchev–Trinajstić information content (AvgIpc) is 2.43. The van der Waals surface area contributed by atoms with Crippen LogP contribution in [0.25, 0.3) is 0 Å². The summed E-state index contributed by atoms with van der Waals surface area (Å²) in [5, 5.41) is 11.9. The van der Waals surface area contributed by atoms with Crippen LogP contribution in [0.3, 0.4) is 0 Å². The largest absolute Gasteiger partial charge is 0.478 e. The Morgan fingerprint density at radius 3 is 2.67 bits per heavy atom. The summed E-state index contributed by atoms with van der Waals surface area (Å²) in [6.07, 6.45) is 0. The Bertz CT molecular complexity index is 702. The van der Waals surface area contributed by atoms with Crippen LogP contribution in [0.2, 0.25) is 0 Å². The number of halogens is 2. The van der Waals surface area contributed by atoms with E-state index in [0.717, 1.165) is 18.2 Å². The van der Waals surface area contributed by atoms with Gasteiger partial charge in [0.1, 0.15) is 11.6 Å². The van der Waals surface area contributed by atoms with E-state index in [-0.39, 0.29) is 23.4 Å². The van der Waals surface area contributed by atoms with Gasteiger partial charge in [-0.2, -0.15) is 0 Å². The lowest BCUT2D eigenvalue weighted by Crippen LogP contribution is -2.08. The number of rotatable bonds is 4. The number of hydrogen-bond acceptors (Lipinski definition) is 3. The third-order valence-corrected chi connectivity index (χ3v) is 3.11. The topological polar surface area (TPSA) is 75.3 Å². The highest BCUT2D eigenvalue weighted by Crippen LogP contribution is 2.23. The molecule has 110 valence electrons. The maximum Gasteiger partial charge on any atom is 0.337 e. The number of carboxylic acids is 1. The van der Waals surface area contributed by atoms with E-state index in [0.29, 0.717) is 11.3 Å². The van der Waals surface area contributed by atoms with Crippen LogP contribution in [-0.4, -0.2) is 11.1 Å². The van der Waals surface area contributed by atoms with Gasteiger partial charge in [0.25, 0.3) is 0 Å². The Hall–Kier alpha value is -2.63. The molecule has 2 rings (SSSR count). The summed E-state index contributed by atoms with van der Waals surface area (Å²) in [5.41, 5.74) is 7.06. The molecule has 2 aromatic rings. The van der Waals surface area contributed by atoms with Gasteiger partial charge in [-0.3, -0.25) is 0 Å². The minimum absolute atomic E-state index is 0.0304. The molecule has 0 fully saturated rings. The van der Waals surface area contributed by atoms with Gasteiger partial charge in [-0.1, -0.05) is 0 Å². The number of carbonyl (C=O) groups is 1. The number of hydrogen-bond donors (Lipinski definition) is 3. The van der Waals surface area contributed by atoms with Gasteiger partial charge in [0.15, 0.2) is 0 Å². The summed E-state index contributed by atoms with van der Waals surface area (Å²) in [6, 6.07) is 6.18. The van der Waals surface area contributed by atoms with E-state index in [1.165, 1.54) is 6.07 Å². The van der Waals surface area contributed by atoms with Crippen molar-refractivity contribution in [1.29, 1.82) is 0 Å². The summed E-state index contributed by atoms with van der Waals surface area (Å²) >= 11 is 0. The quantitative estimate of drug-likeness (QED) is 0.757. The van der Waals surface area contributed by atoms with Crippen LogP contribution in [-0.2, 0) is 6.54 Å². The molecule has 0 radical (unpaired) electrons. The first kappa shape index (κ1) is 14.8. The van der Waals surface area contributed by atoms with E-state index in [4.69, 9.17) is 10.8 Å². The Morgan fingerprint density at radius 1 is 1.29 bits per heavy atom. The number of nitrogen functional groups attached to an aromatic ring is 1. The first-order valence-corrected chi connectivity index (χ1v) is 6.19. The maximum absolute atomic E-state index is 13.5. The van der Waals surface area contributed by atoms with E-state index in [9.17, 15) is 13.6 Å². The predicted molar refractivity (Wildman–Crippen MR) is 76.2 cm³/mol. The standard InChI is InChI=1S/C15H14F2N2O2/c1-8-4-11(6-12(14(8)18)15(20)21)19-7-9-5-10(16)2-3-13(9)17/h2-6,19H,7,18H2,1H3,(H,20,21). The zero-order chi connectivity index (χ0) is 15.6. The summed E-state index contributed by atoms with van der Waals surface area (Å²) in [7, 11) is 0. The zero-order valence-electron chi connectivity index (χ0n) is 11.3. The van der Waals surface area contributed by atoms with Gasteiger partial charge in [0, 0.05) is 23.5 Å². The van der Waals surface area contributed by atoms with E-state index in [2.05, 4.69) is 5.32 Å². The molecule has 2 aromatic carbocycles. The van der Waals surface area contributed by atoms with Crippen LogP contribution in [0.4, 0.5) is 20.2 Å². The van der Waals surface area contributed by atoms with Crippen molar-refractivity contribution in [2.24, 2.45) is 0 Å². The number of carboxylic acid groups (broad SMARTS) is 1. The normalized spacial score (nSPS) is 10.4. The number of nitrogens with two attached hydrogens (primary N) is 1. The fourth-order valence-electron chi connectivity index (χ4n) is 1.95. The Balaban J connectivity index is 2.24. The van der Waals surface area contributed by atoms with Crippen molar-refractivity contribution in [2.45, 2.75) is 13.5 Å². The summed E-state index contributed by atoms with van der Waals surface area (Å²) in [4.78, 5) is 11.1. The molecule has 4 N–H and O–H groups in total. The summed E-state index contributed by atoms with van der Waals surface area (Å²) in [6.45, 7) is 1.71. The highest BCUT2D eigenvalue weighted by Gasteiger charge is 2.12. The van der Waals surface area contributed by atoms with Crippen LogP contribution in [0.5, 0.6) is 0 Å². The third-order valence-electron chi connectivity index (χ3n) is 3.11. The monoisotopic (exact) mass is 292 g/mol. The predicted octanol–water partition coefficient (Wildman–Crippen LogP) is 3.17. The minimum Gasteiger partial charge on any atom is -0.478 e. The second-order valence-corrected chi connectivity index (χ2v) is 4.65. The molecule has 0 heterocycles. The Kier molecular flexibility index (Phi) is 4.07. The molecule has 0 aliphatic rings. The molecule has 0 unspecified atom stereocenters. The Labute approximate surface area is 120 Å². The number of aromatic carboxylic acids is 1. The van der Waals surface area contributed by atoms with Gasteiger partial charge in [-0.25, -0.2) is 13.6 Å². The molecular weight excluding hydrogens is 278 g/mol. The fourth-order valence-corrected chi connectivity index (χ4v) is 1.95. The van der Waals surface area contributed by atoms with Crippen molar-refractivity contribution in [3.05, 3.63) is 58.7 Å². The SMILES string of the molecule is Cc1cc(NCc2cc(F)ccc2F)cc(C(=O)O)c1N. The maximum atomic E-state index is 13.5. The number of anilines is 2. The van der Waals surface area contributed by atoms with E-state index in [1.807, 2.05) is 0 Å². The molecule has 0 aromatic heterocycles. The summed E-state index contributed by atoms with van der Waals surface area (Å²) in [5.74, 6) is -2.21. The lowest BCUT2D eigenvalue weighted by Gasteiger charge is -2.12. The van der Waals surface area contributed by atoms with Crippen molar-refractivity contribution in [1.82, 2.24) is 0 Å². The molecule has 0 atom stereocenters. The number of benzene rings is 2. The van der Waals surface area contributed by atoms with E-state index >= 15 is 0 Å². The van der Waals surface area contributed by atoms with Crippen LogP contribution in [0.15, 0.2) is 30.3 Å². The van der Waals surface area contributed by atoms with Crippen LogP contribution in [0.1, 0.15) is 21.5 Å². The fraction of sp³-hybridized carbons (Fsp3) is 0.133. The first-order chi connectivity index (χ1) is 9.88. The molecule has 21 heavy (non-hydrogen) atoms. The smallest absolute Gasteiger partial charge is 0.337 e. The van der Waals surface area contributed by atoms with Crippen molar-refractivity contribution < 1.29 is 18.7 Å². The van der Waals surface area contributed by atoms with Gasteiger partial charge in [0.05, 0.1) is 5.56 Å². The second-order valence-electron chi connectivity index (χ2n) is 4.65. The molecule has 0 aliphatic heterocycles. The van der Waals surface area contributed by atoms with Gasteiger partial charge < -0.3 is 16.2 Å². The molecule has 0 bridgehead atoms. The molecule has 0 spiro atoms. The molecule has 0 amide bonds. The zero-order valence-corrected chi connectivity index (χ0v) is 11.3. The van der Waals surface area contributed by atoms with Gasteiger partial charge in [-0.15, -0.1) is 0 Å². The van der Waals surface area contributed by atoms with Gasteiger partial charge >= 0.3 is 5.97 Å². The molecule has 4 nitrogen and oxygen atoms in total. The van der Waals surface area contributed by atoms with Crippen molar-refractivity contribution in [2.75, 3.05) is 11.1 Å².